The Morgan fingerprint density at radius 1 is 1.31 bits per heavy atom. The van der Waals surface area contributed by atoms with Crippen LogP contribution in [0.3, 0.4) is 0 Å². The van der Waals surface area contributed by atoms with Gasteiger partial charge >= 0.3 is 11.7 Å². The van der Waals surface area contributed by atoms with Crippen LogP contribution >= 0.6 is 0 Å². The third-order valence-electron chi connectivity index (χ3n) is 4.24. The number of imidazole rings is 1. The molecule has 0 aliphatic heterocycles. The van der Waals surface area contributed by atoms with Crippen LogP contribution in [0.2, 0.25) is 0 Å². The Bertz CT molecular complexity index is 863. The summed E-state index contributed by atoms with van der Waals surface area (Å²) in [7, 11) is 0. The largest absolute Gasteiger partial charge is 0.370 e. The Morgan fingerprint density at radius 2 is 2.00 bits per heavy atom. The summed E-state index contributed by atoms with van der Waals surface area (Å²) in [6.45, 7) is 8.57. The van der Waals surface area contributed by atoms with Crippen LogP contribution in [0.5, 0.6) is 0 Å². The van der Waals surface area contributed by atoms with E-state index in [1.807, 2.05) is 13.8 Å². The number of hydrogen-bond acceptors (Lipinski definition) is 4. The van der Waals surface area contributed by atoms with Gasteiger partial charge in [0.1, 0.15) is 0 Å². The molecular weight excluding hydrogens is 334 g/mol. The Kier molecular flexibility index (Phi) is 5.84. The van der Waals surface area contributed by atoms with Crippen LogP contribution in [0.15, 0.2) is 23.3 Å². The van der Waals surface area contributed by atoms with Crippen LogP contribution in [-0.2, 0) is 11.3 Å². The summed E-state index contributed by atoms with van der Waals surface area (Å²) in [6.07, 6.45) is 4.11. The summed E-state index contributed by atoms with van der Waals surface area (Å²) in [5, 5.41) is 2.74. The molecule has 0 bridgehead atoms. The van der Waals surface area contributed by atoms with Crippen molar-refractivity contribution >= 4 is 23.0 Å². The van der Waals surface area contributed by atoms with Gasteiger partial charge < -0.3 is 11.1 Å². The van der Waals surface area contributed by atoms with Crippen LogP contribution in [0, 0.1) is 11.3 Å². The number of amides is 2. The molecule has 2 aromatic heterocycles. The van der Waals surface area contributed by atoms with Gasteiger partial charge in [-0.2, -0.15) is 0 Å². The number of nitrogens with one attached hydrogen (secondary N) is 1. The van der Waals surface area contributed by atoms with E-state index in [2.05, 4.69) is 24.1 Å². The first-order valence-corrected chi connectivity index (χ1v) is 8.74. The van der Waals surface area contributed by atoms with Gasteiger partial charge in [-0.15, -0.1) is 0 Å². The Balaban J connectivity index is 2.31. The highest BCUT2D eigenvalue weighted by molar-refractivity contribution is 5.89. The van der Waals surface area contributed by atoms with Crippen molar-refractivity contribution in [3.8, 4) is 0 Å². The number of aryl methyl sites for hydroxylation is 1. The molecule has 0 saturated carbocycles. The van der Waals surface area contributed by atoms with Crippen molar-refractivity contribution < 1.29 is 9.59 Å². The lowest BCUT2D eigenvalue weighted by molar-refractivity contribution is -0.119. The second kappa shape index (κ2) is 7.72. The third kappa shape index (κ3) is 4.50. The quantitative estimate of drug-likeness (QED) is 0.781. The number of aromatic nitrogens is 3. The molecule has 0 atom stereocenters. The fraction of sp³-hybridized carbons (Fsp3) is 0.556. The number of rotatable bonds is 7. The fourth-order valence-electron chi connectivity index (χ4n) is 2.83. The number of hydrogen-bond donors (Lipinski definition) is 2. The van der Waals surface area contributed by atoms with Crippen LogP contribution in [0.4, 0.5) is 4.79 Å². The van der Waals surface area contributed by atoms with Crippen molar-refractivity contribution in [1.82, 2.24) is 19.4 Å². The van der Waals surface area contributed by atoms with E-state index in [9.17, 15) is 14.4 Å². The lowest BCUT2D eigenvalue weighted by Gasteiger charge is -2.23. The minimum Gasteiger partial charge on any atom is -0.370 e. The summed E-state index contributed by atoms with van der Waals surface area (Å²) in [6, 6.07) is 1.13. The normalized spacial score (nSPS) is 11.9. The summed E-state index contributed by atoms with van der Waals surface area (Å²) >= 11 is 0. The van der Waals surface area contributed by atoms with Gasteiger partial charge in [-0.05, 0) is 23.8 Å². The Hall–Kier alpha value is -2.64. The highest BCUT2D eigenvalue weighted by Gasteiger charge is 2.24. The minimum atomic E-state index is -0.521. The maximum absolute atomic E-state index is 12.8. The summed E-state index contributed by atoms with van der Waals surface area (Å²) in [5.41, 5.74) is 5.49. The molecule has 2 aromatic rings. The van der Waals surface area contributed by atoms with Gasteiger partial charge in [0.15, 0.2) is 0 Å². The molecule has 0 aliphatic carbocycles. The smallest absolute Gasteiger partial charge is 0.337 e. The molecule has 142 valence electrons. The van der Waals surface area contributed by atoms with Crippen molar-refractivity contribution in [2.75, 3.05) is 6.54 Å². The summed E-state index contributed by atoms with van der Waals surface area (Å²) < 4.78 is 2.70. The average molecular weight is 361 g/mol. The number of primary amides is 1. The van der Waals surface area contributed by atoms with Crippen LogP contribution in [-0.4, -0.2) is 32.6 Å². The lowest BCUT2D eigenvalue weighted by atomic mass is 9.89. The number of nitrogens with zero attached hydrogens (tertiary/aromatic N) is 3. The van der Waals surface area contributed by atoms with Crippen molar-refractivity contribution in [2.45, 2.75) is 47.1 Å². The topological polar surface area (TPSA) is 112 Å². The molecule has 8 nitrogen and oxygen atoms in total. The van der Waals surface area contributed by atoms with Crippen LogP contribution in [0.25, 0.3) is 11.0 Å². The molecule has 3 N–H and O–H groups in total. The molecule has 26 heavy (non-hydrogen) atoms. The predicted octanol–water partition coefficient (Wildman–Crippen LogP) is 1.70. The number of nitrogens with two attached hydrogens (primary N) is 1. The molecule has 0 saturated heterocycles. The second-order valence-corrected chi connectivity index (χ2v) is 7.78. The van der Waals surface area contributed by atoms with Gasteiger partial charge in [0.25, 0.3) is 0 Å². The molecule has 0 radical (unpaired) electrons. The molecule has 0 unspecified atom stereocenters. The van der Waals surface area contributed by atoms with E-state index < -0.39 is 17.4 Å². The van der Waals surface area contributed by atoms with Crippen molar-refractivity contribution in [3.05, 3.63) is 28.9 Å². The highest BCUT2D eigenvalue weighted by Crippen LogP contribution is 2.18. The van der Waals surface area contributed by atoms with Crippen LogP contribution in [0.1, 0.15) is 40.5 Å². The Morgan fingerprint density at radius 3 is 2.62 bits per heavy atom. The van der Waals surface area contributed by atoms with E-state index in [-0.39, 0.29) is 18.7 Å². The molecule has 0 aromatic carbocycles. The summed E-state index contributed by atoms with van der Waals surface area (Å²) in [5.74, 6) is -0.00169. The van der Waals surface area contributed by atoms with Gasteiger partial charge in [0.2, 0.25) is 5.91 Å². The molecule has 8 heteroatoms. The molecule has 0 aliphatic rings. The number of carbonyl (C=O) groups is 2. The highest BCUT2D eigenvalue weighted by atomic mass is 16.2. The lowest BCUT2D eigenvalue weighted by Crippen LogP contribution is -2.42. The monoisotopic (exact) mass is 361 g/mol. The van der Waals surface area contributed by atoms with Gasteiger partial charge in [0, 0.05) is 25.7 Å². The zero-order chi connectivity index (χ0) is 19.5. The maximum Gasteiger partial charge on any atom is 0.337 e. The molecular formula is C18H27N5O3. The molecule has 2 heterocycles. The van der Waals surface area contributed by atoms with Gasteiger partial charge in [-0.3, -0.25) is 14.3 Å². The van der Waals surface area contributed by atoms with Gasteiger partial charge in [0.05, 0.1) is 17.2 Å². The third-order valence-corrected chi connectivity index (χ3v) is 4.24. The van der Waals surface area contributed by atoms with Crippen molar-refractivity contribution in [2.24, 2.45) is 17.1 Å². The standard InChI is InChI=1S/C18H27N5O3/c1-12(2)6-8-22-14-10-20-7-5-13(14)23(17(22)26)16(25)21-11-18(3,4)9-15(19)24/h5,7,10,12H,6,8-9,11H2,1-4H3,(H2,19,24)(H,21,25). The SMILES string of the molecule is CC(C)CCn1c(=O)n(C(=O)NCC(C)(C)CC(N)=O)c2ccncc21. The van der Waals surface area contributed by atoms with E-state index in [1.54, 1.807) is 23.0 Å². The molecule has 0 fully saturated rings. The van der Waals surface area contributed by atoms with Crippen molar-refractivity contribution in [3.63, 3.8) is 0 Å². The number of fused-ring (bicyclic) bond motifs is 1. The average Bonchev–Trinajstić information content (AvgIpc) is 2.81. The van der Waals surface area contributed by atoms with E-state index in [0.717, 1.165) is 11.0 Å². The van der Waals surface area contributed by atoms with Crippen LogP contribution < -0.4 is 16.7 Å². The van der Waals surface area contributed by atoms with E-state index in [4.69, 9.17) is 5.73 Å². The molecule has 2 rings (SSSR count). The van der Waals surface area contributed by atoms with Gasteiger partial charge in [-0.1, -0.05) is 27.7 Å². The zero-order valence-corrected chi connectivity index (χ0v) is 15.8. The van der Waals surface area contributed by atoms with E-state index in [1.165, 1.54) is 0 Å². The number of carbonyl (C=O) groups excluding carboxylic acids is 2. The van der Waals surface area contributed by atoms with Gasteiger partial charge in [-0.25, -0.2) is 14.2 Å². The maximum atomic E-state index is 12.8. The molecule has 2 amide bonds. The zero-order valence-electron chi connectivity index (χ0n) is 15.8. The van der Waals surface area contributed by atoms with E-state index in [0.29, 0.717) is 23.5 Å². The van der Waals surface area contributed by atoms with E-state index >= 15 is 0 Å². The number of pyridine rings is 1. The predicted molar refractivity (Wildman–Crippen MR) is 99.8 cm³/mol. The first kappa shape index (κ1) is 19.7. The molecule has 0 spiro atoms. The second-order valence-electron chi connectivity index (χ2n) is 7.78. The van der Waals surface area contributed by atoms with Crippen molar-refractivity contribution in [1.29, 1.82) is 0 Å². The first-order chi connectivity index (χ1) is 12.1. The Labute approximate surface area is 152 Å². The summed E-state index contributed by atoms with van der Waals surface area (Å²) in [4.78, 5) is 40.7. The first-order valence-electron chi connectivity index (χ1n) is 8.74. The minimum absolute atomic E-state index is 0.141. The fourth-order valence-corrected chi connectivity index (χ4v) is 2.83.